The van der Waals surface area contributed by atoms with E-state index in [4.69, 9.17) is 0 Å². The van der Waals surface area contributed by atoms with E-state index in [0.717, 1.165) is 6.54 Å². The van der Waals surface area contributed by atoms with Crippen molar-refractivity contribution in [2.24, 2.45) is 5.92 Å². The highest BCUT2D eigenvalue weighted by atomic mass is 32.2. The summed E-state index contributed by atoms with van der Waals surface area (Å²) >= 11 is 1.75. The van der Waals surface area contributed by atoms with Crippen molar-refractivity contribution in [3.8, 4) is 0 Å². The van der Waals surface area contributed by atoms with Crippen LogP contribution in [-0.4, -0.2) is 24.0 Å². The molecule has 0 amide bonds. The number of hydrogen-bond donors (Lipinski definition) is 2. The number of rotatable bonds is 6. The average Bonchev–Trinajstić information content (AvgIpc) is 2.30. The number of thioether (sulfide) groups is 1. The van der Waals surface area contributed by atoms with Gasteiger partial charge in [-0.25, -0.2) is 0 Å². The third-order valence-corrected chi connectivity index (χ3v) is 3.47. The Bertz CT molecular complexity index is 297. The second-order valence-corrected chi connectivity index (χ2v) is 5.14. The average molecular weight is 239 g/mol. The lowest BCUT2D eigenvalue weighted by atomic mass is 10.1. The first-order valence-electron chi connectivity index (χ1n) is 5.64. The molecule has 16 heavy (non-hydrogen) atoms. The molecule has 0 radical (unpaired) electrons. The van der Waals surface area contributed by atoms with E-state index in [1.165, 1.54) is 10.5 Å². The highest BCUT2D eigenvalue weighted by Gasteiger charge is 2.10. The zero-order chi connectivity index (χ0) is 12.0. The summed E-state index contributed by atoms with van der Waals surface area (Å²) in [6, 6.07) is 8.71. The number of aliphatic hydroxyl groups excluding tert-OH is 1. The largest absolute Gasteiger partial charge is 0.395 e. The fourth-order valence-corrected chi connectivity index (χ4v) is 1.91. The standard InChI is InChI=1S/C13H21NOS/c1-10(2)13(9-15)14-8-11-4-6-12(16-3)7-5-11/h4-7,10,13-15H,8-9H2,1-3H3. The molecule has 0 aliphatic rings. The van der Waals surface area contributed by atoms with Crippen molar-refractivity contribution < 1.29 is 5.11 Å². The quantitative estimate of drug-likeness (QED) is 0.748. The van der Waals surface area contributed by atoms with E-state index in [1.807, 2.05) is 0 Å². The number of benzene rings is 1. The summed E-state index contributed by atoms with van der Waals surface area (Å²) < 4.78 is 0. The predicted octanol–water partition coefficient (Wildman–Crippen LogP) is 2.52. The monoisotopic (exact) mass is 239 g/mol. The smallest absolute Gasteiger partial charge is 0.0587 e. The van der Waals surface area contributed by atoms with Crippen molar-refractivity contribution in [3.63, 3.8) is 0 Å². The molecule has 0 bridgehead atoms. The Hall–Kier alpha value is -0.510. The van der Waals surface area contributed by atoms with Crippen LogP contribution < -0.4 is 5.32 Å². The first-order valence-corrected chi connectivity index (χ1v) is 6.87. The SMILES string of the molecule is CSc1ccc(CNC(CO)C(C)C)cc1. The van der Waals surface area contributed by atoms with E-state index in [9.17, 15) is 5.11 Å². The van der Waals surface area contributed by atoms with E-state index in [2.05, 4.69) is 49.7 Å². The molecule has 1 aromatic rings. The van der Waals surface area contributed by atoms with Gasteiger partial charge in [-0.3, -0.25) is 0 Å². The lowest BCUT2D eigenvalue weighted by Gasteiger charge is -2.19. The summed E-state index contributed by atoms with van der Waals surface area (Å²) in [6.45, 7) is 5.24. The van der Waals surface area contributed by atoms with E-state index in [0.29, 0.717) is 5.92 Å². The van der Waals surface area contributed by atoms with Crippen molar-refractivity contribution >= 4 is 11.8 Å². The van der Waals surface area contributed by atoms with Crippen LogP contribution in [0.25, 0.3) is 0 Å². The van der Waals surface area contributed by atoms with Crippen molar-refractivity contribution in [1.82, 2.24) is 5.32 Å². The Morgan fingerprint density at radius 2 is 1.88 bits per heavy atom. The number of nitrogens with one attached hydrogen (secondary N) is 1. The molecule has 1 aromatic carbocycles. The van der Waals surface area contributed by atoms with Gasteiger partial charge in [0.15, 0.2) is 0 Å². The number of hydrogen-bond acceptors (Lipinski definition) is 3. The summed E-state index contributed by atoms with van der Waals surface area (Å²) in [5.41, 5.74) is 1.26. The van der Waals surface area contributed by atoms with E-state index in [-0.39, 0.29) is 12.6 Å². The Kier molecular flexibility index (Phi) is 5.88. The van der Waals surface area contributed by atoms with Gasteiger partial charge in [0.05, 0.1) is 6.61 Å². The maximum absolute atomic E-state index is 9.19. The number of aliphatic hydroxyl groups is 1. The molecule has 0 saturated carbocycles. The highest BCUT2D eigenvalue weighted by Crippen LogP contribution is 2.15. The summed E-state index contributed by atoms with van der Waals surface area (Å²) in [4.78, 5) is 1.28. The second kappa shape index (κ2) is 6.94. The lowest BCUT2D eigenvalue weighted by Crippen LogP contribution is -2.36. The summed E-state index contributed by atoms with van der Waals surface area (Å²) in [6.07, 6.45) is 2.08. The molecular formula is C13H21NOS. The third kappa shape index (κ3) is 4.16. The van der Waals surface area contributed by atoms with Crippen LogP contribution in [0.2, 0.25) is 0 Å². The zero-order valence-corrected chi connectivity index (χ0v) is 11.1. The molecule has 3 heteroatoms. The van der Waals surface area contributed by atoms with Crippen LogP contribution in [-0.2, 0) is 6.54 Å². The second-order valence-electron chi connectivity index (χ2n) is 4.26. The first kappa shape index (κ1) is 13.6. The molecule has 0 saturated heterocycles. The normalized spacial score (nSPS) is 13.1. The zero-order valence-electron chi connectivity index (χ0n) is 10.2. The lowest BCUT2D eigenvalue weighted by molar-refractivity contribution is 0.210. The van der Waals surface area contributed by atoms with Gasteiger partial charge in [-0.15, -0.1) is 11.8 Å². The molecule has 1 rings (SSSR count). The minimum atomic E-state index is 0.181. The van der Waals surface area contributed by atoms with Gasteiger partial charge in [-0.05, 0) is 29.9 Å². The predicted molar refractivity (Wildman–Crippen MR) is 70.8 cm³/mol. The van der Waals surface area contributed by atoms with Crippen LogP contribution in [0.3, 0.4) is 0 Å². The Morgan fingerprint density at radius 3 is 2.31 bits per heavy atom. The molecule has 90 valence electrons. The molecule has 2 nitrogen and oxygen atoms in total. The molecule has 1 unspecified atom stereocenters. The molecule has 0 aliphatic carbocycles. The third-order valence-electron chi connectivity index (χ3n) is 2.73. The highest BCUT2D eigenvalue weighted by molar-refractivity contribution is 7.98. The van der Waals surface area contributed by atoms with Crippen LogP contribution in [0, 0.1) is 5.92 Å². The molecular weight excluding hydrogens is 218 g/mol. The maximum Gasteiger partial charge on any atom is 0.0587 e. The van der Waals surface area contributed by atoms with Crippen LogP contribution in [0.5, 0.6) is 0 Å². The Labute approximate surface area is 102 Å². The Balaban J connectivity index is 2.47. The molecule has 0 aromatic heterocycles. The minimum absolute atomic E-state index is 0.181. The summed E-state index contributed by atoms with van der Waals surface area (Å²) in [7, 11) is 0. The van der Waals surface area contributed by atoms with Gasteiger partial charge in [0, 0.05) is 17.5 Å². The molecule has 1 atom stereocenters. The van der Waals surface area contributed by atoms with Crippen LogP contribution in [0.4, 0.5) is 0 Å². The first-order chi connectivity index (χ1) is 7.67. The van der Waals surface area contributed by atoms with Crippen LogP contribution in [0.1, 0.15) is 19.4 Å². The van der Waals surface area contributed by atoms with Gasteiger partial charge < -0.3 is 10.4 Å². The van der Waals surface area contributed by atoms with Crippen molar-refractivity contribution in [1.29, 1.82) is 0 Å². The van der Waals surface area contributed by atoms with E-state index in [1.54, 1.807) is 11.8 Å². The fourth-order valence-electron chi connectivity index (χ4n) is 1.50. The topological polar surface area (TPSA) is 32.3 Å². The van der Waals surface area contributed by atoms with Gasteiger partial charge in [0.1, 0.15) is 0 Å². The van der Waals surface area contributed by atoms with Gasteiger partial charge in [0.25, 0.3) is 0 Å². The van der Waals surface area contributed by atoms with E-state index < -0.39 is 0 Å². The van der Waals surface area contributed by atoms with E-state index >= 15 is 0 Å². The molecule has 0 aliphatic heterocycles. The molecule has 2 N–H and O–H groups in total. The van der Waals surface area contributed by atoms with Crippen molar-refractivity contribution in [2.45, 2.75) is 31.3 Å². The maximum atomic E-state index is 9.19. The van der Waals surface area contributed by atoms with Gasteiger partial charge >= 0.3 is 0 Å². The fraction of sp³-hybridized carbons (Fsp3) is 0.538. The molecule has 0 spiro atoms. The molecule has 0 heterocycles. The summed E-state index contributed by atoms with van der Waals surface area (Å²) in [5, 5.41) is 12.6. The summed E-state index contributed by atoms with van der Waals surface area (Å²) in [5.74, 6) is 0.454. The minimum Gasteiger partial charge on any atom is -0.395 e. The molecule has 0 fully saturated rings. The van der Waals surface area contributed by atoms with Crippen LogP contribution in [0.15, 0.2) is 29.2 Å². The van der Waals surface area contributed by atoms with Crippen molar-refractivity contribution in [3.05, 3.63) is 29.8 Å². The van der Waals surface area contributed by atoms with Gasteiger partial charge in [-0.2, -0.15) is 0 Å². The van der Waals surface area contributed by atoms with Crippen LogP contribution >= 0.6 is 11.8 Å². The van der Waals surface area contributed by atoms with Crippen molar-refractivity contribution in [2.75, 3.05) is 12.9 Å². The van der Waals surface area contributed by atoms with Gasteiger partial charge in [0.2, 0.25) is 0 Å². The van der Waals surface area contributed by atoms with Gasteiger partial charge in [-0.1, -0.05) is 26.0 Å². The Morgan fingerprint density at radius 1 is 1.25 bits per heavy atom.